The molecule has 1 aliphatic heterocycles. The van der Waals surface area contributed by atoms with Crippen molar-refractivity contribution in [2.45, 2.75) is 20.3 Å². The van der Waals surface area contributed by atoms with Gasteiger partial charge in [0.25, 0.3) is 0 Å². The van der Waals surface area contributed by atoms with Gasteiger partial charge >= 0.3 is 5.97 Å². The fourth-order valence-electron chi connectivity index (χ4n) is 2.43. The molecule has 0 aliphatic carbocycles. The highest BCUT2D eigenvalue weighted by atomic mass is 16.4. The Hall–Kier alpha value is -2.10. The third-order valence-electron chi connectivity index (χ3n) is 3.69. The summed E-state index contributed by atoms with van der Waals surface area (Å²) in [6, 6.07) is 3.34. The highest BCUT2D eigenvalue weighted by Crippen LogP contribution is 2.33. The lowest BCUT2D eigenvalue weighted by Gasteiger charge is -2.22. The molecule has 4 nitrogen and oxygen atoms in total. The molecule has 19 heavy (non-hydrogen) atoms. The number of rotatable bonds is 3. The molecule has 1 fully saturated rings. The monoisotopic (exact) mass is 259 g/mol. The number of aromatic carboxylic acids is 1. The van der Waals surface area contributed by atoms with Crippen LogP contribution in [0.5, 0.6) is 0 Å². The Morgan fingerprint density at radius 2 is 2.16 bits per heavy atom. The van der Waals surface area contributed by atoms with Crippen LogP contribution in [0.15, 0.2) is 24.8 Å². The van der Waals surface area contributed by atoms with Crippen molar-refractivity contribution in [3.05, 3.63) is 41.5 Å². The molecule has 1 amide bonds. The molecule has 1 unspecified atom stereocenters. The number of carboxylic acid groups (broad SMARTS) is 1. The summed E-state index contributed by atoms with van der Waals surface area (Å²) in [4.78, 5) is 25.0. The first kappa shape index (κ1) is 13.3. The molecule has 0 aromatic heterocycles. The molecule has 2 rings (SSSR count). The molecule has 1 heterocycles. The maximum Gasteiger partial charge on any atom is 0.337 e. The topological polar surface area (TPSA) is 57.6 Å². The standard InChI is InChI=1S/C15H17NO3/c1-4-11-7-13(17)16(8-11)14-10(3)9(2)5-6-12(14)15(18)19/h4-6,11H,1,7-8H2,2-3H3,(H,18,19). The predicted octanol–water partition coefficient (Wildman–Crippen LogP) is 2.54. The lowest BCUT2D eigenvalue weighted by atomic mass is 10.0. The molecule has 4 heteroatoms. The number of carbonyl (C=O) groups is 2. The maximum absolute atomic E-state index is 12.1. The summed E-state index contributed by atoms with van der Waals surface area (Å²) in [6.45, 7) is 7.98. The van der Waals surface area contributed by atoms with Crippen LogP contribution in [0.4, 0.5) is 5.69 Å². The third kappa shape index (κ3) is 2.26. The van der Waals surface area contributed by atoms with Gasteiger partial charge in [-0.1, -0.05) is 12.1 Å². The predicted molar refractivity (Wildman–Crippen MR) is 73.5 cm³/mol. The Morgan fingerprint density at radius 1 is 1.47 bits per heavy atom. The number of anilines is 1. The van der Waals surface area contributed by atoms with Crippen molar-refractivity contribution in [2.24, 2.45) is 5.92 Å². The number of hydrogen-bond donors (Lipinski definition) is 1. The van der Waals surface area contributed by atoms with E-state index < -0.39 is 5.97 Å². The first-order valence-corrected chi connectivity index (χ1v) is 6.22. The van der Waals surface area contributed by atoms with Crippen molar-refractivity contribution in [3.63, 3.8) is 0 Å². The van der Waals surface area contributed by atoms with Crippen LogP contribution >= 0.6 is 0 Å². The Labute approximate surface area is 112 Å². The number of nitrogens with zero attached hydrogens (tertiary/aromatic N) is 1. The zero-order chi connectivity index (χ0) is 14.2. The minimum absolute atomic E-state index is 0.0406. The molecule has 1 N–H and O–H groups in total. The van der Waals surface area contributed by atoms with Gasteiger partial charge in [-0.3, -0.25) is 4.79 Å². The molecule has 100 valence electrons. The second-order valence-electron chi connectivity index (χ2n) is 4.91. The Kier molecular flexibility index (Phi) is 3.42. The van der Waals surface area contributed by atoms with E-state index in [1.807, 2.05) is 13.8 Å². The van der Waals surface area contributed by atoms with Gasteiger partial charge in [0.05, 0.1) is 11.3 Å². The van der Waals surface area contributed by atoms with E-state index >= 15 is 0 Å². The number of hydrogen-bond acceptors (Lipinski definition) is 2. The van der Waals surface area contributed by atoms with Crippen molar-refractivity contribution in [3.8, 4) is 0 Å². The fraction of sp³-hybridized carbons (Fsp3) is 0.333. The van der Waals surface area contributed by atoms with E-state index in [0.29, 0.717) is 18.7 Å². The Balaban J connectivity index is 2.55. The molecule has 0 bridgehead atoms. The van der Waals surface area contributed by atoms with E-state index in [2.05, 4.69) is 6.58 Å². The Bertz CT molecular complexity index is 563. The first-order chi connectivity index (χ1) is 8.95. The van der Waals surface area contributed by atoms with Crippen molar-refractivity contribution < 1.29 is 14.7 Å². The zero-order valence-electron chi connectivity index (χ0n) is 11.1. The zero-order valence-corrected chi connectivity index (χ0v) is 11.1. The number of aryl methyl sites for hydroxylation is 1. The van der Waals surface area contributed by atoms with Crippen LogP contribution in [0.2, 0.25) is 0 Å². The van der Waals surface area contributed by atoms with Crippen molar-refractivity contribution in [1.29, 1.82) is 0 Å². The number of carboxylic acids is 1. The smallest absolute Gasteiger partial charge is 0.337 e. The summed E-state index contributed by atoms with van der Waals surface area (Å²) in [5, 5.41) is 9.29. The summed E-state index contributed by atoms with van der Waals surface area (Å²) in [6.07, 6.45) is 2.15. The van der Waals surface area contributed by atoms with Crippen molar-refractivity contribution >= 4 is 17.6 Å². The molecule has 0 saturated carbocycles. The van der Waals surface area contributed by atoms with Gasteiger partial charge in [-0.15, -0.1) is 6.58 Å². The average molecular weight is 259 g/mol. The van der Waals surface area contributed by atoms with Crippen LogP contribution in [-0.2, 0) is 4.79 Å². The minimum Gasteiger partial charge on any atom is -0.478 e. The largest absolute Gasteiger partial charge is 0.478 e. The highest BCUT2D eigenvalue weighted by Gasteiger charge is 2.32. The lowest BCUT2D eigenvalue weighted by Crippen LogP contribution is -2.27. The SMILES string of the molecule is C=CC1CC(=O)N(c2c(C(=O)O)ccc(C)c2C)C1. The maximum atomic E-state index is 12.1. The van der Waals surface area contributed by atoms with E-state index in [0.717, 1.165) is 11.1 Å². The van der Waals surface area contributed by atoms with Crippen LogP contribution in [0.25, 0.3) is 0 Å². The quantitative estimate of drug-likeness (QED) is 0.849. The van der Waals surface area contributed by atoms with Crippen LogP contribution in [0.1, 0.15) is 27.9 Å². The molecule has 1 aliphatic rings. The molecule has 1 atom stereocenters. The van der Waals surface area contributed by atoms with Gasteiger partial charge in [-0.25, -0.2) is 4.79 Å². The van der Waals surface area contributed by atoms with Crippen LogP contribution in [-0.4, -0.2) is 23.5 Å². The van der Waals surface area contributed by atoms with E-state index in [9.17, 15) is 14.7 Å². The van der Waals surface area contributed by atoms with Gasteiger partial charge in [0.1, 0.15) is 0 Å². The van der Waals surface area contributed by atoms with Gasteiger partial charge in [-0.2, -0.15) is 0 Å². The molecule has 0 radical (unpaired) electrons. The average Bonchev–Trinajstić information content (AvgIpc) is 2.73. The minimum atomic E-state index is -1.01. The number of carbonyl (C=O) groups excluding carboxylic acids is 1. The van der Waals surface area contributed by atoms with Crippen LogP contribution in [0, 0.1) is 19.8 Å². The van der Waals surface area contributed by atoms with Crippen molar-refractivity contribution in [2.75, 3.05) is 11.4 Å². The van der Waals surface area contributed by atoms with Gasteiger partial charge < -0.3 is 10.0 Å². The van der Waals surface area contributed by atoms with E-state index in [1.165, 1.54) is 0 Å². The second-order valence-corrected chi connectivity index (χ2v) is 4.91. The summed E-state index contributed by atoms with van der Waals surface area (Å²) in [5.74, 6) is -0.955. The molecular formula is C15H17NO3. The molecule has 0 spiro atoms. The fourth-order valence-corrected chi connectivity index (χ4v) is 2.43. The molecule has 1 aromatic rings. The van der Waals surface area contributed by atoms with Crippen molar-refractivity contribution in [1.82, 2.24) is 0 Å². The molecule has 1 aromatic carbocycles. The van der Waals surface area contributed by atoms with Crippen LogP contribution in [0.3, 0.4) is 0 Å². The van der Waals surface area contributed by atoms with Gasteiger partial charge in [0, 0.05) is 18.9 Å². The van der Waals surface area contributed by atoms with Gasteiger partial charge in [0.2, 0.25) is 5.91 Å². The molecule has 1 saturated heterocycles. The Morgan fingerprint density at radius 3 is 2.68 bits per heavy atom. The highest BCUT2D eigenvalue weighted by molar-refractivity contribution is 6.04. The normalized spacial score (nSPS) is 18.7. The number of benzene rings is 1. The lowest BCUT2D eigenvalue weighted by molar-refractivity contribution is -0.117. The third-order valence-corrected chi connectivity index (χ3v) is 3.69. The number of amides is 1. The summed E-state index contributed by atoms with van der Waals surface area (Å²) < 4.78 is 0. The van der Waals surface area contributed by atoms with Gasteiger partial charge in [-0.05, 0) is 31.0 Å². The van der Waals surface area contributed by atoms with Gasteiger partial charge in [0.15, 0.2) is 0 Å². The second kappa shape index (κ2) is 4.88. The summed E-state index contributed by atoms with van der Waals surface area (Å²) in [7, 11) is 0. The van der Waals surface area contributed by atoms with E-state index in [1.54, 1.807) is 23.1 Å². The summed E-state index contributed by atoms with van der Waals surface area (Å²) in [5.41, 5.74) is 2.54. The van der Waals surface area contributed by atoms with Crippen LogP contribution < -0.4 is 4.90 Å². The summed E-state index contributed by atoms with van der Waals surface area (Å²) >= 11 is 0. The first-order valence-electron chi connectivity index (χ1n) is 6.22. The van der Waals surface area contributed by atoms with E-state index in [-0.39, 0.29) is 17.4 Å². The van der Waals surface area contributed by atoms with E-state index in [4.69, 9.17) is 0 Å². The molecular weight excluding hydrogens is 242 g/mol.